The predicted octanol–water partition coefficient (Wildman–Crippen LogP) is 4.20. The minimum absolute atomic E-state index is 0.295. The molecule has 4 nitrogen and oxygen atoms in total. The van der Waals surface area contributed by atoms with Crippen LogP contribution in [-0.4, -0.2) is 22.7 Å². The van der Waals surface area contributed by atoms with Crippen LogP contribution in [-0.2, 0) is 5.41 Å². The molecule has 112 valence electrons. The van der Waals surface area contributed by atoms with E-state index < -0.39 is 5.97 Å². The Labute approximate surface area is 128 Å². The second-order valence-corrected chi connectivity index (χ2v) is 6.68. The van der Waals surface area contributed by atoms with Crippen LogP contribution in [0.2, 0.25) is 0 Å². The summed E-state index contributed by atoms with van der Waals surface area (Å²) in [5, 5.41) is 10.1. The van der Waals surface area contributed by atoms with Gasteiger partial charge in [-0.1, -0.05) is 32.9 Å². The minimum atomic E-state index is -0.933. The first-order valence-electron chi connectivity index (χ1n) is 6.81. The average molecular weight is 305 g/mol. The van der Waals surface area contributed by atoms with Gasteiger partial charge in [-0.15, -0.1) is 11.3 Å². The summed E-state index contributed by atoms with van der Waals surface area (Å²) in [6.45, 7) is 8.37. The first-order valence-corrected chi connectivity index (χ1v) is 7.63. The van der Waals surface area contributed by atoms with Crippen molar-refractivity contribution in [1.29, 1.82) is 0 Å². The molecule has 0 spiro atoms. The van der Waals surface area contributed by atoms with Gasteiger partial charge in [-0.05, 0) is 19.1 Å². The van der Waals surface area contributed by atoms with E-state index in [0.29, 0.717) is 22.2 Å². The Kier molecular flexibility index (Phi) is 4.32. The molecule has 0 aliphatic rings. The number of aromatic nitrogens is 1. The van der Waals surface area contributed by atoms with Gasteiger partial charge in [-0.25, -0.2) is 9.78 Å². The summed E-state index contributed by atoms with van der Waals surface area (Å²) in [5.74, 6) is -0.205. The van der Waals surface area contributed by atoms with Crippen molar-refractivity contribution in [3.63, 3.8) is 0 Å². The molecule has 2 rings (SSSR count). The lowest BCUT2D eigenvalue weighted by molar-refractivity contribution is 0.0699. The fraction of sp³-hybridized carbons (Fsp3) is 0.375. The third-order valence-electron chi connectivity index (χ3n) is 2.95. The Bertz CT molecular complexity index is 656. The number of aromatic carboxylic acids is 1. The maximum Gasteiger partial charge on any atom is 0.347 e. The summed E-state index contributed by atoms with van der Waals surface area (Å²) in [7, 11) is 0. The van der Waals surface area contributed by atoms with E-state index in [0.717, 1.165) is 11.3 Å². The molecular formula is C16H19NO3S. The van der Waals surface area contributed by atoms with Crippen molar-refractivity contribution < 1.29 is 14.6 Å². The fourth-order valence-corrected chi connectivity index (χ4v) is 3.16. The smallest absolute Gasteiger partial charge is 0.347 e. The topological polar surface area (TPSA) is 59.4 Å². The van der Waals surface area contributed by atoms with Gasteiger partial charge in [-0.3, -0.25) is 0 Å². The summed E-state index contributed by atoms with van der Waals surface area (Å²) in [4.78, 5) is 16.3. The molecule has 1 aromatic heterocycles. The number of hydrogen-bond acceptors (Lipinski definition) is 4. The maximum atomic E-state index is 11.5. The van der Waals surface area contributed by atoms with Crippen molar-refractivity contribution in [2.45, 2.75) is 33.1 Å². The summed E-state index contributed by atoms with van der Waals surface area (Å²) in [6.07, 6.45) is 0. The Morgan fingerprint density at radius 2 is 2.00 bits per heavy atom. The molecule has 0 fully saturated rings. The second kappa shape index (κ2) is 5.85. The van der Waals surface area contributed by atoms with E-state index in [4.69, 9.17) is 4.74 Å². The molecule has 0 unspecified atom stereocenters. The number of hydrogen-bond donors (Lipinski definition) is 1. The number of carboxylic acid groups (broad SMARTS) is 1. The molecule has 0 atom stereocenters. The zero-order chi connectivity index (χ0) is 15.6. The first-order chi connectivity index (χ1) is 9.84. The van der Waals surface area contributed by atoms with Gasteiger partial charge in [0.05, 0.1) is 17.9 Å². The van der Waals surface area contributed by atoms with Crippen LogP contribution in [0.15, 0.2) is 24.3 Å². The molecule has 21 heavy (non-hydrogen) atoms. The quantitative estimate of drug-likeness (QED) is 0.919. The third kappa shape index (κ3) is 3.24. The maximum absolute atomic E-state index is 11.5. The van der Waals surface area contributed by atoms with E-state index >= 15 is 0 Å². The number of para-hydroxylation sites is 1. The number of rotatable bonds is 4. The van der Waals surface area contributed by atoms with Gasteiger partial charge in [-0.2, -0.15) is 0 Å². The summed E-state index contributed by atoms with van der Waals surface area (Å²) in [6, 6.07) is 7.57. The van der Waals surface area contributed by atoms with Crippen LogP contribution >= 0.6 is 11.3 Å². The number of nitrogens with zero attached hydrogens (tertiary/aromatic N) is 1. The van der Waals surface area contributed by atoms with E-state index in [1.165, 1.54) is 11.3 Å². The van der Waals surface area contributed by atoms with Gasteiger partial charge >= 0.3 is 5.97 Å². The lowest BCUT2D eigenvalue weighted by atomic mass is 9.91. The van der Waals surface area contributed by atoms with E-state index in [1.54, 1.807) is 0 Å². The molecule has 0 aliphatic heterocycles. The van der Waals surface area contributed by atoms with Gasteiger partial charge in [0.15, 0.2) is 0 Å². The highest BCUT2D eigenvalue weighted by molar-refractivity contribution is 7.17. The van der Waals surface area contributed by atoms with E-state index in [1.807, 2.05) is 52.0 Å². The van der Waals surface area contributed by atoms with Gasteiger partial charge in [0.2, 0.25) is 0 Å². The minimum Gasteiger partial charge on any atom is -0.493 e. The van der Waals surface area contributed by atoms with Crippen LogP contribution in [0.25, 0.3) is 10.6 Å². The standard InChI is InChI=1S/C16H19NO3S/c1-5-20-11-9-7-6-8-10(11)14-17-13(16(2,3)4)12(21-14)15(18)19/h6-9H,5H2,1-4H3,(H,18,19). The van der Waals surface area contributed by atoms with Crippen molar-refractivity contribution in [3.05, 3.63) is 34.8 Å². The van der Waals surface area contributed by atoms with Crippen LogP contribution in [0, 0.1) is 0 Å². The normalized spacial score (nSPS) is 11.4. The number of ether oxygens (including phenoxy) is 1. The zero-order valence-corrected chi connectivity index (χ0v) is 13.5. The van der Waals surface area contributed by atoms with Crippen molar-refractivity contribution in [2.75, 3.05) is 6.61 Å². The monoisotopic (exact) mass is 305 g/mol. The predicted molar refractivity (Wildman–Crippen MR) is 84.4 cm³/mol. The fourth-order valence-electron chi connectivity index (χ4n) is 2.01. The molecule has 0 saturated heterocycles. The summed E-state index contributed by atoms with van der Waals surface area (Å²) < 4.78 is 5.61. The molecule has 1 N–H and O–H groups in total. The van der Waals surface area contributed by atoms with Gasteiger partial charge in [0.1, 0.15) is 15.6 Å². The van der Waals surface area contributed by atoms with Crippen LogP contribution in [0.1, 0.15) is 43.1 Å². The lowest BCUT2D eigenvalue weighted by Crippen LogP contribution is -2.16. The zero-order valence-electron chi connectivity index (χ0n) is 12.6. The Balaban J connectivity index is 2.58. The van der Waals surface area contributed by atoms with Crippen LogP contribution in [0.5, 0.6) is 5.75 Å². The molecule has 0 radical (unpaired) electrons. The SMILES string of the molecule is CCOc1ccccc1-c1nc(C(C)(C)C)c(C(=O)O)s1. The molecule has 0 aliphatic carbocycles. The van der Waals surface area contributed by atoms with Gasteiger partial charge in [0, 0.05) is 5.41 Å². The molecule has 5 heteroatoms. The molecule has 1 aromatic carbocycles. The highest BCUT2D eigenvalue weighted by Gasteiger charge is 2.27. The molecular weight excluding hydrogens is 286 g/mol. The highest BCUT2D eigenvalue weighted by Crippen LogP contribution is 2.38. The number of carbonyl (C=O) groups is 1. The number of benzene rings is 1. The second-order valence-electron chi connectivity index (χ2n) is 5.68. The summed E-state index contributed by atoms with van der Waals surface area (Å²) in [5.41, 5.74) is 1.13. The van der Waals surface area contributed by atoms with Crippen molar-refractivity contribution in [1.82, 2.24) is 4.98 Å². The van der Waals surface area contributed by atoms with E-state index in [9.17, 15) is 9.90 Å². The molecule has 0 saturated carbocycles. The lowest BCUT2D eigenvalue weighted by Gasteiger charge is -2.16. The Morgan fingerprint density at radius 3 is 2.52 bits per heavy atom. The summed E-state index contributed by atoms with van der Waals surface area (Å²) >= 11 is 1.20. The van der Waals surface area contributed by atoms with Gasteiger partial charge in [0.25, 0.3) is 0 Å². The Hall–Kier alpha value is -1.88. The van der Waals surface area contributed by atoms with Crippen LogP contribution < -0.4 is 4.74 Å². The molecule has 1 heterocycles. The average Bonchev–Trinajstić information content (AvgIpc) is 2.85. The first kappa shape index (κ1) is 15.5. The van der Waals surface area contributed by atoms with Crippen molar-refractivity contribution in [2.24, 2.45) is 0 Å². The van der Waals surface area contributed by atoms with Gasteiger partial charge < -0.3 is 9.84 Å². The molecule has 2 aromatic rings. The van der Waals surface area contributed by atoms with E-state index in [-0.39, 0.29) is 5.41 Å². The Morgan fingerprint density at radius 1 is 1.33 bits per heavy atom. The highest BCUT2D eigenvalue weighted by atomic mass is 32.1. The molecule has 0 amide bonds. The van der Waals surface area contributed by atoms with E-state index in [2.05, 4.69) is 4.98 Å². The third-order valence-corrected chi connectivity index (χ3v) is 4.03. The number of thiazole rings is 1. The molecule has 0 bridgehead atoms. The number of carboxylic acids is 1. The van der Waals surface area contributed by atoms with Crippen molar-refractivity contribution in [3.8, 4) is 16.3 Å². The van der Waals surface area contributed by atoms with Crippen LogP contribution in [0.4, 0.5) is 0 Å². The van der Waals surface area contributed by atoms with Crippen molar-refractivity contribution >= 4 is 17.3 Å². The van der Waals surface area contributed by atoms with Crippen LogP contribution in [0.3, 0.4) is 0 Å². The largest absolute Gasteiger partial charge is 0.493 e.